The van der Waals surface area contributed by atoms with Crippen LogP contribution in [0.15, 0.2) is 53.6 Å². The van der Waals surface area contributed by atoms with Crippen molar-refractivity contribution < 1.29 is 14.3 Å². The number of aromatic nitrogens is 2. The quantitative estimate of drug-likeness (QED) is 0.518. The molecule has 2 aromatic carbocycles. The molecule has 1 aliphatic carbocycles. The number of hydrazone groups is 1. The van der Waals surface area contributed by atoms with Crippen LogP contribution in [0.25, 0.3) is 5.69 Å². The number of carbonyl (C=O) groups is 1. The number of carbonyl (C=O) groups excluding carboxylic acids is 1. The van der Waals surface area contributed by atoms with Crippen molar-refractivity contribution >= 4 is 12.1 Å². The van der Waals surface area contributed by atoms with Gasteiger partial charge in [0.1, 0.15) is 0 Å². The van der Waals surface area contributed by atoms with Crippen molar-refractivity contribution in [3.8, 4) is 17.2 Å². The number of benzene rings is 2. The Balaban J connectivity index is 1.53. The van der Waals surface area contributed by atoms with E-state index in [2.05, 4.69) is 15.6 Å². The zero-order valence-corrected chi connectivity index (χ0v) is 16.4. The molecule has 1 N–H and O–H groups in total. The molecule has 1 amide bonds. The van der Waals surface area contributed by atoms with Gasteiger partial charge in [0.2, 0.25) is 0 Å². The maximum atomic E-state index is 12.7. The van der Waals surface area contributed by atoms with Crippen molar-refractivity contribution in [3.05, 3.63) is 71.0 Å². The first-order valence-corrected chi connectivity index (χ1v) is 9.43. The van der Waals surface area contributed by atoms with E-state index in [0.29, 0.717) is 17.2 Å². The Labute approximate surface area is 169 Å². The molecule has 0 radical (unpaired) electrons. The lowest BCUT2D eigenvalue weighted by Gasteiger charge is -2.07. The predicted molar refractivity (Wildman–Crippen MR) is 110 cm³/mol. The van der Waals surface area contributed by atoms with E-state index in [0.717, 1.165) is 41.8 Å². The van der Waals surface area contributed by atoms with Gasteiger partial charge in [-0.1, -0.05) is 18.2 Å². The van der Waals surface area contributed by atoms with Crippen molar-refractivity contribution in [2.24, 2.45) is 5.10 Å². The summed E-state index contributed by atoms with van der Waals surface area (Å²) in [5.41, 5.74) is 6.87. The van der Waals surface area contributed by atoms with Gasteiger partial charge in [0.05, 0.1) is 26.1 Å². The first-order chi connectivity index (χ1) is 14.2. The predicted octanol–water partition coefficient (Wildman–Crippen LogP) is 3.14. The van der Waals surface area contributed by atoms with E-state index < -0.39 is 0 Å². The molecule has 0 atom stereocenters. The summed E-state index contributed by atoms with van der Waals surface area (Å²) in [7, 11) is 3.16. The zero-order valence-electron chi connectivity index (χ0n) is 16.4. The lowest BCUT2D eigenvalue weighted by atomic mass is 10.2. The number of fused-ring (bicyclic) bond motifs is 1. The average molecular weight is 390 g/mol. The van der Waals surface area contributed by atoms with Gasteiger partial charge in [0.25, 0.3) is 5.91 Å². The lowest BCUT2D eigenvalue weighted by Crippen LogP contribution is -2.20. The van der Waals surface area contributed by atoms with E-state index in [1.54, 1.807) is 32.6 Å². The highest BCUT2D eigenvalue weighted by Gasteiger charge is 2.26. The minimum Gasteiger partial charge on any atom is -0.493 e. The molecule has 7 nitrogen and oxygen atoms in total. The summed E-state index contributed by atoms with van der Waals surface area (Å²) in [6.07, 6.45) is 4.35. The van der Waals surface area contributed by atoms with E-state index in [9.17, 15) is 4.79 Å². The number of ether oxygens (including phenoxy) is 2. The third-order valence-electron chi connectivity index (χ3n) is 4.93. The van der Waals surface area contributed by atoms with Crippen molar-refractivity contribution in [2.75, 3.05) is 14.2 Å². The molecule has 0 fully saturated rings. The van der Waals surface area contributed by atoms with Crippen LogP contribution in [-0.4, -0.2) is 36.1 Å². The highest BCUT2D eigenvalue weighted by molar-refractivity contribution is 5.95. The standard InChI is InChI=1S/C22H22N4O3/c1-28-19-12-11-15(13-20(19)29-2)14-23-24-22(27)21-17-9-6-10-18(17)26(25-21)16-7-4-3-5-8-16/h3-5,7-8,11-14H,6,9-10H2,1-2H3,(H,24,27)/b23-14+. The van der Waals surface area contributed by atoms with Crippen LogP contribution in [0.3, 0.4) is 0 Å². The van der Waals surface area contributed by atoms with E-state index in [1.165, 1.54) is 0 Å². The molecule has 7 heteroatoms. The Kier molecular flexibility index (Phi) is 5.29. The van der Waals surface area contributed by atoms with Crippen molar-refractivity contribution in [1.29, 1.82) is 0 Å². The molecule has 148 valence electrons. The number of nitrogens with one attached hydrogen (secondary N) is 1. The summed E-state index contributed by atoms with van der Waals surface area (Å²) in [4.78, 5) is 12.7. The van der Waals surface area contributed by atoms with E-state index >= 15 is 0 Å². The van der Waals surface area contributed by atoms with Gasteiger partial charge >= 0.3 is 0 Å². The second-order valence-corrected chi connectivity index (χ2v) is 6.69. The molecule has 0 saturated heterocycles. The van der Waals surface area contributed by atoms with Crippen LogP contribution >= 0.6 is 0 Å². The summed E-state index contributed by atoms with van der Waals surface area (Å²) in [5, 5.41) is 8.66. The highest BCUT2D eigenvalue weighted by Crippen LogP contribution is 2.28. The minimum absolute atomic E-state index is 0.311. The van der Waals surface area contributed by atoms with Crippen LogP contribution in [0.4, 0.5) is 0 Å². The molecule has 3 aromatic rings. The fourth-order valence-corrected chi connectivity index (χ4v) is 3.55. The Hall–Kier alpha value is -3.61. The molecule has 0 saturated carbocycles. The fourth-order valence-electron chi connectivity index (χ4n) is 3.55. The summed E-state index contributed by atoms with van der Waals surface area (Å²) in [6.45, 7) is 0. The van der Waals surface area contributed by atoms with Crippen molar-refractivity contribution in [1.82, 2.24) is 15.2 Å². The second-order valence-electron chi connectivity index (χ2n) is 6.69. The highest BCUT2D eigenvalue weighted by atomic mass is 16.5. The number of hydrogen-bond donors (Lipinski definition) is 1. The third-order valence-corrected chi connectivity index (χ3v) is 4.93. The number of hydrogen-bond acceptors (Lipinski definition) is 5. The van der Waals surface area contributed by atoms with Crippen molar-refractivity contribution in [2.45, 2.75) is 19.3 Å². The summed E-state index contributed by atoms with van der Waals surface area (Å²) in [6, 6.07) is 15.3. The largest absolute Gasteiger partial charge is 0.493 e. The maximum Gasteiger partial charge on any atom is 0.292 e. The first-order valence-electron chi connectivity index (χ1n) is 9.43. The van der Waals surface area contributed by atoms with Gasteiger partial charge < -0.3 is 9.47 Å². The Bertz CT molecular complexity index is 1060. The van der Waals surface area contributed by atoms with E-state index in [1.807, 2.05) is 41.1 Å². The van der Waals surface area contributed by atoms with Crippen LogP contribution in [0.5, 0.6) is 11.5 Å². The van der Waals surface area contributed by atoms with Gasteiger partial charge in [-0.15, -0.1) is 0 Å². The monoisotopic (exact) mass is 390 g/mol. The van der Waals surface area contributed by atoms with Crippen LogP contribution in [-0.2, 0) is 12.8 Å². The third kappa shape index (κ3) is 3.71. The smallest absolute Gasteiger partial charge is 0.292 e. The molecule has 1 aliphatic rings. The Morgan fingerprint density at radius 3 is 2.66 bits per heavy atom. The SMILES string of the molecule is COc1ccc(/C=N/NC(=O)c2nn(-c3ccccc3)c3c2CCC3)cc1OC. The second kappa shape index (κ2) is 8.18. The Morgan fingerprint density at radius 2 is 1.90 bits per heavy atom. The number of rotatable bonds is 6. The first kappa shape index (κ1) is 18.7. The normalized spacial score (nSPS) is 12.8. The van der Waals surface area contributed by atoms with Gasteiger partial charge in [-0.2, -0.15) is 10.2 Å². The molecule has 0 bridgehead atoms. The van der Waals surface area contributed by atoms with Gasteiger partial charge in [-0.3, -0.25) is 4.79 Å². The maximum absolute atomic E-state index is 12.7. The van der Waals surface area contributed by atoms with E-state index in [-0.39, 0.29) is 5.91 Å². The minimum atomic E-state index is -0.311. The lowest BCUT2D eigenvalue weighted by molar-refractivity contribution is 0.0949. The number of para-hydroxylation sites is 1. The molecule has 0 unspecified atom stereocenters. The number of methoxy groups -OCH3 is 2. The molecule has 1 heterocycles. The van der Waals surface area contributed by atoms with Crippen LogP contribution < -0.4 is 14.9 Å². The fraction of sp³-hybridized carbons (Fsp3) is 0.227. The molecule has 29 heavy (non-hydrogen) atoms. The molecule has 4 rings (SSSR count). The van der Waals surface area contributed by atoms with Crippen LogP contribution in [0.2, 0.25) is 0 Å². The molecular formula is C22H22N4O3. The molecule has 0 spiro atoms. The van der Waals surface area contributed by atoms with Gasteiger partial charge in [0, 0.05) is 11.3 Å². The van der Waals surface area contributed by atoms with Crippen LogP contribution in [0, 0.1) is 0 Å². The van der Waals surface area contributed by atoms with Gasteiger partial charge in [-0.25, -0.2) is 10.1 Å². The zero-order chi connectivity index (χ0) is 20.2. The Morgan fingerprint density at radius 1 is 1.10 bits per heavy atom. The molecule has 1 aromatic heterocycles. The molecular weight excluding hydrogens is 368 g/mol. The number of nitrogens with zero attached hydrogens (tertiary/aromatic N) is 3. The van der Waals surface area contributed by atoms with Crippen LogP contribution in [0.1, 0.15) is 33.7 Å². The van der Waals surface area contributed by atoms with Gasteiger partial charge in [0.15, 0.2) is 17.2 Å². The number of amides is 1. The summed E-state index contributed by atoms with van der Waals surface area (Å²) < 4.78 is 12.4. The van der Waals surface area contributed by atoms with E-state index in [4.69, 9.17) is 9.47 Å². The topological polar surface area (TPSA) is 77.7 Å². The summed E-state index contributed by atoms with van der Waals surface area (Å²) >= 11 is 0. The van der Waals surface area contributed by atoms with Gasteiger partial charge in [-0.05, 0) is 55.2 Å². The summed E-state index contributed by atoms with van der Waals surface area (Å²) in [5.74, 6) is 0.924. The van der Waals surface area contributed by atoms with Crippen molar-refractivity contribution in [3.63, 3.8) is 0 Å². The molecule has 0 aliphatic heterocycles. The average Bonchev–Trinajstić information content (AvgIpc) is 3.37.